The number of carbonyl (C=O) groups is 2. The summed E-state index contributed by atoms with van der Waals surface area (Å²) in [5.41, 5.74) is 0.0504. The number of aryl methyl sites for hydroxylation is 2. The van der Waals surface area contributed by atoms with Crippen LogP contribution in [0.4, 0.5) is 0 Å². The Balaban J connectivity index is 2.32. The van der Waals surface area contributed by atoms with E-state index in [0.717, 1.165) is 24.8 Å². The van der Waals surface area contributed by atoms with Crippen LogP contribution in [0.25, 0.3) is 0 Å². The van der Waals surface area contributed by atoms with Gasteiger partial charge in [0.25, 0.3) is 5.91 Å². The molecule has 1 aliphatic rings. The average Bonchev–Trinajstić information content (AvgIpc) is 2.79. The Bertz CT molecular complexity index is 537. The lowest BCUT2D eigenvalue weighted by atomic mass is 9.88. The molecule has 0 aliphatic carbocycles. The molecule has 5 heteroatoms. The van der Waals surface area contributed by atoms with Gasteiger partial charge in [0.2, 0.25) is 0 Å². The molecule has 1 aromatic heterocycles. The van der Waals surface area contributed by atoms with Crippen LogP contribution >= 0.6 is 11.3 Å². The minimum absolute atomic E-state index is 0.137. The molecule has 0 spiro atoms. The molecule has 1 fully saturated rings. The highest BCUT2D eigenvalue weighted by Crippen LogP contribution is 2.32. The van der Waals surface area contributed by atoms with Crippen LogP contribution in [0.5, 0.6) is 0 Å². The molecule has 1 N–H and O–H groups in total. The van der Waals surface area contributed by atoms with Gasteiger partial charge in [0, 0.05) is 11.4 Å². The number of hydrogen-bond donors (Lipinski definition) is 1. The molecule has 2 heterocycles. The monoisotopic (exact) mass is 295 g/mol. The van der Waals surface area contributed by atoms with Crippen molar-refractivity contribution >= 4 is 23.2 Å². The van der Waals surface area contributed by atoms with Gasteiger partial charge >= 0.3 is 5.97 Å². The van der Waals surface area contributed by atoms with Crippen molar-refractivity contribution in [3.05, 3.63) is 21.4 Å². The van der Waals surface area contributed by atoms with Gasteiger partial charge in [-0.2, -0.15) is 0 Å². The number of likely N-dealkylation sites (tertiary alicyclic amines) is 1. The van der Waals surface area contributed by atoms with Gasteiger partial charge in [-0.3, -0.25) is 4.79 Å². The molecule has 1 unspecified atom stereocenters. The third kappa shape index (κ3) is 2.46. The van der Waals surface area contributed by atoms with Crippen LogP contribution in [0.3, 0.4) is 0 Å². The summed E-state index contributed by atoms with van der Waals surface area (Å²) in [6.45, 7) is 6.25. The maximum Gasteiger partial charge on any atom is 0.329 e. The maximum absolute atomic E-state index is 12.7. The van der Waals surface area contributed by atoms with Crippen LogP contribution in [-0.4, -0.2) is 34.0 Å². The first-order chi connectivity index (χ1) is 9.40. The predicted octanol–water partition coefficient (Wildman–Crippen LogP) is 3.09. The zero-order valence-corrected chi connectivity index (χ0v) is 13.0. The van der Waals surface area contributed by atoms with Crippen LogP contribution in [0.1, 0.15) is 53.2 Å². The number of hydrogen-bond acceptors (Lipinski definition) is 3. The molecule has 4 nitrogen and oxygen atoms in total. The van der Waals surface area contributed by atoms with Crippen LogP contribution in [0.15, 0.2) is 6.07 Å². The summed E-state index contributed by atoms with van der Waals surface area (Å²) in [6.07, 6.45) is 3.16. The number of thiophene rings is 1. The fourth-order valence-electron chi connectivity index (χ4n) is 2.78. The Kier molecular flexibility index (Phi) is 4.18. The minimum Gasteiger partial charge on any atom is -0.480 e. The summed E-state index contributed by atoms with van der Waals surface area (Å²) in [7, 11) is 0. The first-order valence-corrected chi connectivity index (χ1v) is 7.86. The molecular formula is C15H21NO3S. The van der Waals surface area contributed by atoms with E-state index in [1.807, 2.05) is 13.0 Å². The van der Waals surface area contributed by atoms with Gasteiger partial charge in [0.1, 0.15) is 5.54 Å². The standard InChI is InChI=1S/C15H21NO3S/c1-4-11-10(2)9-12(20-11)13(17)16-8-6-5-7-15(16,3)14(18)19/h9H,4-8H2,1-3H3,(H,18,19). The molecule has 1 aliphatic heterocycles. The fourth-order valence-corrected chi connectivity index (χ4v) is 3.84. The number of nitrogens with zero attached hydrogens (tertiary/aromatic N) is 1. The van der Waals surface area contributed by atoms with Crippen molar-refractivity contribution in [3.8, 4) is 0 Å². The van der Waals surface area contributed by atoms with E-state index < -0.39 is 11.5 Å². The third-order valence-electron chi connectivity index (χ3n) is 4.15. The summed E-state index contributed by atoms with van der Waals surface area (Å²) in [4.78, 5) is 27.6. The lowest BCUT2D eigenvalue weighted by molar-refractivity contribution is -0.150. The molecule has 1 saturated heterocycles. The number of rotatable bonds is 3. The molecule has 1 aromatic rings. The second-order valence-electron chi connectivity index (χ2n) is 5.56. The van der Waals surface area contributed by atoms with E-state index in [4.69, 9.17) is 0 Å². The van der Waals surface area contributed by atoms with E-state index in [9.17, 15) is 14.7 Å². The fraction of sp³-hybridized carbons (Fsp3) is 0.600. The maximum atomic E-state index is 12.7. The van der Waals surface area contributed by atoms with Crippen molar-refractivity contribution < 1.29 is 14.7 Å². The Morgan fingerprint density at radius 1 is 1.45 bits per heavy atom. The van der Waals surface area contributed by atoms with Crippen molar-refractivity contribution in [2.45, 2.75) is 52.0 Å². The number of carboxylic acids is 1. The largest absolute Gasteiger partial charge is 0.480 e. The van der Waals surface area contributed by atoms with E-state index in [-0.39, 0.29) is 5.91 Å². The Morgan fingerprint density at radius 3 is 2.70 bits per heavy atom. The Morgan fingerprint density at radius 2 is 2.15 bits per heavy atom. The summed E-state index contributed by atoms with van der Waals surface area (Å²) >= 11 is 1.49. The zero-order valence-electron chi connectivity index (χ0n) is 12.2. The van der Waals surface area contributed by atoms with Gasteiger partial charge in [-0.1, -0.05) is 6.92 Å². The molecule has 20 heavy (non-hydrogen) atoms. The average molecular weight is 295 g/mol. The topological polar surface area (TPSA) is 57.6 Å². The molecule has 0 aromatic carbocycles. The number of piperidine rings is 1. The molecule has 110 valence electrons. The lowest BCUT2D eigenvalue weighted by Crippen LogP contribution is -2.57. The highest BCUT2D eigenvalue weighted by Gasteiger charge is 2.44. The third-order valence-corrected chi connectivity index (χ3v) is 5.52. The van der Waals surface area contributed by atoms with Crippen molar-refractivity contribution in [2.24, 2.45) is 0 Å². The van der Waals surface area contributed by atoms with Gasteiger partial charge in [0.05, 0.1) is 4.88 Å². The van der Waals surface area contributed by atoms with Crippen molar-refractivity contribution in [3.63, 3.8) is 0 Å². The number of carboxylic acid groups (broad SMARTS) is 1. The lowest BCUT2D eigenvalue weighted by Gasteiger charge is -2.41. The summed E-state index contributed by atoms with van der Waals surface area (Å²) in [6, 6.07) is 1.89. The minimum atomic E-state index is -1.07. The van der Waals surface area contributed by atoms with E-state index in [1.165, 1.54) is 16.2 Å². The van der Waals surface area contributed by atoms with Gasteiger partial charge in [0.15, 0.2) is 0 Å². The Hall–Kier alpha value is -1.36. The molecule has 2 rings (SSSR count). The molecule has 1 amide bonds. The van der Waals surface area contributed by atoms with Crippen molar-refractivity contribution in [2.75, 3.05) is 6.54 Å². The molecule has 0 radical (unpaired) electrons. The quantitative estimate of drug-likeness (QED) is 0.932. The number of amides is 1. The van der Waals surface area contributed by atoms with E-state index in [2.05, 4.69) is 6.92 Å². The second kappa shape index (κ2) is 5.56. The molecular weight excluding hydrogens is 274 g/mol. The first kappa shape index (κ1) is 15.0. The number of carbonyl (C=O) groups excluding carboxylic acids is 1. The van der Waals surface area contributed by atoms with E-state index >= 15 is 0 Å². The molecule has 1 atom stereocenters. The highest BCUT2D eigenvalue weighted by molar-refractivity contribution is 7.14. The van der Waals surface area contributed by atoms with Crippen LogP contribution < -0.4 is 0 Å². The van der Waals surface area contributed by atoms with Crippen molar-refractivity contribution in [1.29, 1.82) is 0 Å². The van der Waals surface area contributed by atoms with Crippen LogP contribution in [0.2, 0.25) is 0 Å². The van der Waals surface area contributed by atoms with Gasteiger partial charge in [-0.05, 0) is 51.2 Å². The van der Waals surface area contributed by atoms with Crippen molar-refractivity contribution in [1.82, 2.24) is 4.90 Å². The smallest absolute Gasteiger partial charge is 0.329 e. The summed E-state index contributed by atoms with van der Waals surface area (Å²) < 4.78 is 0. The first-order valence-electron chi connectivity index (χ1n) is 7.05. The van der Waals surface area contributed by atoms with E-state index in [0.29, 0.717) is 17.8 Å². The van der Waals surface area contributed by atoms with Gasteiger partial charge in [-0.15, -0.1) is 11.3 Å². The number of aliphatic carboxylic acids is 1. The van der Waals surface area contributed by atoms with Gasteiger partial charge in [-0.25, -0.2) is 4.79 Å². The Labute approximate surface area is 123 Å². The molecule has 0 saturated carbocycles. The zero-order chi connectivity index (χ0) is 14.9. The van der Waals surface area contributed by atoms with Gasteiger partial charge < -0.3 is 10.0 Å². The molecule has 0 bridgehead atoms. The normalized spacial score (nSPS) is 22.9. The van der Waals surface area contributed by atoms with Crippen LogP contribution in [0, 0.1) is 6.92 Å². The highest BCUT2D eigenvalue weighted by atomic mass is 32.1. The predicted molar refractivity (Wildman–Crippen MR) is 79.4 cm³/mol. The van der Waals surface area contributed by atoms with Crippen LogP contribution in [-0.2, 0) is 11.2 Å². The SMILES string of the molecule is CCc1sc(C(=O)N2CCCCC2(C)C(=O)O)cc1C. The summed E-state index contributed by atoms with van der Waals surface area (Å²) in [5, 5.41) is 9.48. The second-order valence-corrected chi connectivity index (χ2v) is 6.70. The van der Waals surface area contributed by atoms with E-state index in [1.54, 1.807) is 11.8 Å². The summed E-state index contributed by atoms with van der Waals surface area (Å²) in [5.74, 6) is -1.04.